The monoisotopic (exact) mass is 817 g/mol. The zero-order valence-electron chi connectivity index (χ0n) is 32.8. The van der Waals surface area contributed by atoms with Crippen molar-refractivity contribution in [3.8, 4) is 5.75 Å². The van der Waals surface area contributed by atoms with Crippen LogP contribution in [0.4, 0.5) is 21.9 Å². The van der Waals surface area contributed by atoms with Gasteiger partial charge in [-0.3, -0.25) is 0 Å². The Bertz CT molecular complexity index is 1600. The summed E-state index contributed by atoms with van der Waals surface area (Å²) in [5, 5.41) is 0. The van der Waals surface area contributed by atoms with Gasteiger partial charge in [-0.15, -0.1) is 0 Å². The summed E-state index contributed by atoms with van der Waals surface area (Å²) >= 11 is -0.449. The van der Waals surface area contributed by atoms with Crippen molar-refractivity contribution in [2.24, 2.45) is 5.92 Å². The zero-order chi connectivity index (χ0) is 38.3. The summed E-state index contributed by atoms with van der Waals surface area (Å²) in [6, 6.07) is 19.0. The van der Waals surface area contributed by atoms with Crippen LogP contribution in [0.5, 0.6) is 5.75 Å². The Kier molecular flexibility index (Phi) is 14.9. The van der Waals surface area contributed by atoms with Crippen LogP contribution in [-0.4, -0.2) is 42.4 Å². The molecule has 0 N–H and O–H groups in total. The third kappa shape index (κ3) is 9.47. The number of hydrogen-bond acceptors (Lipinski definition) is 6. The van der Waals surface area contributed by atoms with E-state index in [-0.39, 0.29) is 12.5 Å². The van der Waals surface area contributed by atoms with Gasteiger partial charge in [-0.2, -0.15) is 6.67 Å². The SMILES string of the molecule is CC(C)c1cccc(C(C)C)c1N1[CH-]N(c2c(C(C)C)cccc2C(C)C)CC1.CCC1Oc2c([CH]=[Ru][Cl])cccc2N(C(=O)OCC(C)C)C1=O. The van der Waals surface area contributed by atoms with Crippen LogP contribution in [0.2, 0.25) is 0 Å². The number of amides is 2. The Labute approximate surface area is 324 Å². The van der Waals surface area contributed by atoms with E-state index in [9.17, 15) is 9.59 Å². The molecule has 1 unspecified atom stereocenters. The van der Waals surface area contributed by atoms with Gasteiger partial charge in [0.05, 0.1) is 0 Å². The van der Waals surface area contributed by atoms with E-state index in [1.54, 1.807) is 12.1 Å². The summed E-state index contributed by atoms with van der Waals surface area (Å²) in [6.07, 6.45) is -0.896. The third-order valence-electron chi connectivity index (χ3n) is 9.38. The zero-order valence-corrected chi connectivity index (χ0v) is 35.3. The predicted octanol–water partition coefficient (Wildman–Crippen LogP) is 11.0. The van der Waals surface area contributed by atoms with Crippen LogP contribution in [0, 0.1) is 12.6 Å². The van der Waals surface area contributed by atoms with Gasteiger partial charge in [-0.05, 0) is 45.9 Å². The molecule has 0 radical (unpaired) electrons. The fraction of sp³-hybridized carbons (Fsp3) is 0.488. The molecule has 0 aliphatic carbocycles. The van der Waals surface area contributed by atoms with Gasteiger partial charge in [0.15, 0.2) is 0 Å². The third-order valence-corrected chi connectivity index (χ3v) is 10.6. The number of ether oxygens (including phenoxy) is 2. The van der Waals surface area contributed by atoms with Crippen LogP contribution < -0.4 is 19.4 Å². The number of hydrogen-bond donors (Lipinski definition) is 0. The molecule has 1 saturated heterocycles. The Hall–Kier alpha value is -3.22. The molecule has 2 amide bonds. The number of rotatable bonds is 10. The fourth-order valence-electron chi connectivity index (χ4n) is 6.70. The molecule has 0 bridgehead atoms. The summed E-state index contributed by atoms with van der Waals surface area (Å²) in [5.74, 6) is 2.36. The Morgan fingerprint density at radius 1 is 0.827 bits per heavy atom. The van der Waals surface area contributed by atoms with E-state index < -0.39 is 33.8 Å². The maximum atomic E-state index is 12.5. The van der Waals surface area contributed by atoms with Crippen molar-refractivity contribution in [3.63, 3.8) is 0 Å². The fourth-order valence-corrected chi connectivity index (χ4v) is 7.79. The molecule has 1 fully saturated rings. The second kappa shape index (κ2) is 18.7. The molecule has 285 valence electrons. The van der Waals surface area contributed by atoms with Crippen LogP contribution >= 0.6 is 9.69 Å². The van der Waals surface area contributed by atoms with Crippen molar-refractivity contribution in [2.75, 3.05) is 34.4 Å². The molecular formula is C43H58ClN3O4Ru-. The van der Waals surface area contributed by atoms with Gasteiger partial charge in [0.25, 0.3) is 0 Å². The van der Waals surface area contributed by atoms with Crippen molar-refractivity contribution in [2.45, 2.75) is 112 Å². The molecule has 2 aliphatic rings. The molecule has 2 aliphatic heterocycles. The van der Waals surface area contributed by atoms with Crippen LogP contribution in [0.3, 0.4) is 0 Å². The van der Waals surface area contributed by atoms with Crippen molar-refractivity contribution in [3.05, 3.63) is 89.1 Å². The van der Waals surface area contributed by atoms with Gasteiger partial charge < -0.3 is 9.80 Å². The van der Waals surface area contributed by atoms with E-state index in [4.69, 9.17) is 19.2 Å². The molecule has 3 aromatic rings. The molecular weight excluding hydrogens is 759 g/mol. The van der Waals surface area contributed by atoms with Crippen molar-refractivity contribution in [1.82, 2.24) is 0 Å². The average molecular weight is 817 g/mol. The molecule has 1 atom stereocenters. The Balaban J connectivity index is 0.000000239. The van der Waals surface area contributed by atoms with E-state index in [1.807, 2.05) is 31.4 Å². The number of anilines is 3. The first-order chi connectivity index (χ1) is 24.7. The van der Waals surface area contributed by atoms with Crippen LogP contribution in [0.1, 0.15) is 134 Å². The number of fused-ring (bicyclic) bond motifs is 1. The van der Waals surface area contributed by atoms with E-state index in [1.165, 1.54) is 33.6 Å². The first-order valence-corrected chi connectivity index (χ1v) is 21.9. The second-order valence-electron chi connectivity index (χ2n) is 15.2. The van der Waals surface area contributed by atoms with E-state index in [0.29, 0.717) is 41.5 Å². The van der Waals surface area contributed by atoms with Crippen LogP contribution in [-0.2, 0) is 25.2 Å². The quantitative estimate of drug-likeness (QED) is 0.150. The topological polar surface area (TPSA) is 62.3 Å². The Morgan fingerprint density at radius 3 is 1.69 bits per heavy atom. The molecule has 0 aromatic heterocycles. The molecule has 5 rings (SSSR count). The standard InChI is InChI=1S/C27H39N2.C16H19NO4.ClH.Ru/c1-18(2)22-11-9-12-23(19(3)4)26(22)28-15-16-29(17-28)27-24(20(5)6)13-10-14-25(27)21(7)8;1-5-13-15(18)17(16(19)20-9-10(2)3)12-8-6-7-11(4)14(12)21-13;;/h9-14,17-21H,15-16H2,1-8H3;4,6-8,10,13H,5,9H2,1-3H3;1H;/q-1;;;+1/p-1. The number of carbonyl (C=O) groups excluding carboxylic acids is 2. The average Bonchev–Trinajstić information content (AvgIpc) is 3.60. The number of nitrogens with zero attached hydrogens (tertiary/aromatic N) is 3. The maximum absolute atomic E-state index is 12.5. The minimum atomic E-state index is -0.699. The summed E-state index contributed by atoms with van der Waals surface area (Å²) in [6.45, 7) is 28.9. The summed E-state index contributed by atoms with van der Waals surface area (Å²) in [7, 11) is 5.87. The number of imide groups is 1. The van der Waals surface area contributed by atoms with Gasteiger partial charge in [0.1, 0.15) is 0 Å². The van der Waals surface area contributed by atoms with E-state index in [2.05, 4.69) is 108 Å². The van der Waals surface area contributed by atoms with Gasteiger partial charge in [-0.1, -0.05) is 91.8 Å². The molecule has 2 heterocycles. The van der Waals surface area contributed by atoms with Crippen molar-refractivity contribution >= 4 is 43.4 Å². The van der Waals surface area contributed by atoms with Gasteiger partial charge >= 0.3 is 147 Å². The minimum absolute atomic E-state index is 0.191. The number of benzene rings is 3. The first-order valence-electron chi connectivity index (χ1n) is 18.7. The summed E-state index contributed by atoms with van der Waals surface area (Å²) < 4.78 is 12.9. The van der Waals surface area contributed by atoms with E-state index >= 15 is 0 Å². The molecule has 52 heavy (non-hydrogen) atoms. The van der Waals surface area contributed by atoms with Gasteiger partial charge in [0.2, 0.25) is 0 Å². The molecule has 9 heteroatoms. The van der Waals surface area contributed by atoms with E-state index in [0.717, 1.165) is 23.6 Å². The number of halogens is 1. The van der Waals surface area contributed by atoms with Crippen molar-refractivity contribution < 1.29 is 34.7 Å². The van der Waals surface area contributed by atoms with Crippen LogP contribution in [0.15, 0.2) is 54.6 Å². The summed E-state index contributed by atoms with van der Waals surface area (Å²) in [5.41, 5.74) is 9.87. The normalized spacial score (nSPS) is 16.1. The van der Waals surface area contributed by atoms with Gasteiger partial charge in [0, 0.05) is 24.5 Å². The first kappa shape index (κ1) is 41.5. The molecule has 7 nitrogen and oxygen atoms in total. The molecule has 3 aromatic carbocycles. The molecule has 0 spiro atoms. The van der Waals surface area contributed by atoms with Crippen LogP contribution in [0.25, 0.3) is 0 Å². The summed E-state index contributed by atoms with van der Waals surface area (Å²) in [4.78, 5) is 31.0. The molecule has 0 saturated carbocycles. The number of para-hydroxylation sites is 3. The second-order valence-corrected chi connectivity index (χ2v) is 17.0. The van der Waals surface area contributed by atoms with Gasteiger partial charge in [-0.25, -0.2) is 0 Å². The predicted molar refractivity (Wildman–Crippen MR) is 214 cm³/mol. The van der Waals surface area contributed by atoms with Crippen molar-refractivity contribution in [1.29, 1.82) is 0 Å². The number of carbonyl (C=O) groups is 2. The Morgan fingerprint density at radius 2 is 1.29 bits per heavy atom.